The summed E-state index contributed by atoms with van der Waals surface area (Å²) >= 11 is 6.01. The highest BCUT2D eigenvalue weighted by Crippen LogP contribution is 2.46. The van der Waals surface area contributed by atoms with E-state index in [4.69, 9.17) is 10.00 Å². The van der Waals surface area contributed by atoms with Gasteiger partial charge in [0.25, 0.3) is 0 Å². The second kappa shape index (κ2) is 3.18. The quantitative estimate of drug-likeness (QED) is 0.688. The fourth-order valence-electron chi connectivity index (χ4n) is 1.65. The van der Waals surface area contributed by atoms with E-state index in [9.17, 15) is 0 Å². The topological polar surface area (TPSA) is 33.0 Å². The highest BCUT2D eigenvalue weighted by Gasteiger charge is 2.33. The Morgan fingerprint density at radius 2 is 2.43 bits per heavy atom. The molecule has 0 bridgehead atoms. The summed E-state index contributed by atoms with van der Waals surface area (Å²) in [7, 11) is 0. The van der Waals surface area contributed by atoms with Gasteiger partial charge in [-0.05, 0) is 13.8 Å². The Bertz CT molecular complexity index is 403. The van der Waals surface area contributed by atoms with E-state index < -0.39 is 0 Å². The van der Waals surface area contributed by atoms with Crippen molar-refractivity contribution in [3.05, 3.63) is 15.8 Å². The minimum Gasteiger partial charge on any atom is -0.487 e. The van der Waals surface area contributed by atoms with Crippen molar-refractivity contribution in [2.45, 2.75) is 31.1 Å². The zero-order valence-electron chi connectivity index (χ0n) is 8.07. The Kier molecular flexibility index (Phi) is 2.24. The molecule has 0 spiro atoms. The summed E-state index contributed by atoms with van der Waals surface area (Å²) in [5.74, 6) is 0.836. The predicted octanol–water partition coefficient (Wildman–Crippen LogP) is 3.15. The smallest absolute Gasteiger partial charge is 0.136 e. The van der Waals surface area contributed by atoms with Crippen LogP contribution in [0.4, 0.5) is 0 Å². The van der Waals surface area contributed by atoms with E-state index in [1.165, 1.54) is 11.3 Å². The van der Waals surface area contributed by atoms with Gasteiger partial charge in [0.2, 0.25) is 0 Å². The summed E-state index contributed by atoms with van der Waals surface area (Å²) in [5, 5.41) is 8.98. The number of hydrogen-bond donors (Lipinski definition) is 1. The van der Waals surface area contributed by atoms with Crippen molar-refractivity contribution in [2.75, 3.05) is 0 Å². The molecule has 2 rings (SSSR count). The molecule has 0 fully saturated rings. The summed E-state index contributed by atoms with van der Waals surface area (Å²) in [6.07, 6.45) is 0.883. The molecule has 0 aliphatic carbocycles. The summed E-state index contributed by atoms with van der Waals surface area (Å²) < 4.78 is 5.78. The molecule has 0 N–H and O–H groups in total. The fourth-order valence-corrected chi connectivity index (χ4v) is 3.25. The number of nitrogens with zero attached hydrogens (tertiary/aromatic N) is 1. The molecule has 4 heteroatoms. The molecule has 1 atom stereocenters. The van der Waals surface area contributed by atoms with Crippen LogP contribution in [0.15, 0.2) is 6.07 Å². The van der Waals surface area contributed by atoms with Gasteiger partial charge in [-0.25, -0.2) is 0 Å². The molecule has 0 saturated heterocycles. The molecule has 0 amide bonds. The fraction of sp³-hybridized carbons (Fsp3) is 0.500. The van der Waals surface area contributed by atoms with Gasteiger partial charge in [0.15, 0.2) is 0 Å². The van der Waals surface area contributed by atoms with E-state index in [-0.39, 0.29) is 10.9 Å². The molecule has 2 nitrogen and oxygen atoms in total. The first-order valence-electron chi connectivity index (χ1n) is 4.43. The maximum Gasteiger partial charge on any atom is 0.136 e. The van der Waals surface area contributed by atoms with Crippen LogP contribution in [0.2, 0.25) is 0 Å². The summed E-state index contributed by atoms with van der Waals surface area (Å²) in [5.41, 5.74) is -0.173. The molecule has 1 aliphatic heterocycles. The highest BCUT2D eigenvalue weighted by atomic mass is 32.1. The van der Waals surface area contributed by atoms with Crippen LogP contribution < -0.4 is 4.74 Å². The van der Waals surface area contributed by atoms with E-state index in [0.29, 0.717) is 4.88 Å². The van der Waals surface area contributed by atoms with E-state index in [1.807, 2.05) is 19.9 Å². The standard InChI is InChI=1S/C10H11NOS2/c1-10(2)4-8(13)9-7(12-10)3-6(5-11)14-9/h3,8,13H,4H2,1-2H3. The van der Waals surface area contributed by atoms with Crippen molar-refractivity contribution in [1.82, 2.24) is 0 Å². The molecule has 0 saturated carbocycles. The van der Waals surface area contributed by atoms with Crippen LogP contribution in [0.1, 0.15) is 35.3 Å². The van der Waals surface area contributed by atoms with E-state index in [1.54, 1.807) is 0 Å². The summed E-state index contributed by atoms with van der Waals surface area (Å²) in [4.78, 5) is 1.79. The van der Waals surface area contributed by atoms with Gasteiger partial charge >= 0.3 is 0 Å². The maximum absolute atomic E-state index is 8.78. The number of thiol groups is 1. The number of ether oxygens (including phenoxy) is 1. The van der Waals surface area contributed by atoms with E-state index in [0.717, 1.165) is 17.0 Å². The maximum atomic E-state index is 8.78. The number of rotatable bonds is 0. The predicted molar refractivity (Wildman–Crippen MR) is 60.1 cm³/mol. The number of nitriles is 1. The van der Waals surface area contributed by atoms with Gasteiger partial charge < -0.3 is 4.74 Å². The lowest BCUT2D eigenvalue weighted by molar-refractivity contribution is 0.0854. The van der Waals surface area contributed by atoms with Crippen molar-refractivity contribution in [1.29, 1.82) is 5.26 Å². The monoisotopic (exact) mass is 225 g/mol. The van der Waals surface area contributed by atoms with Gasteiger partial charge in [0, 0.05) is 17.7 Å². The number of fused-ring (bicyclic) bond motifs is 1. The minimum atomic E-state index is -0.173. The van der Waals surface area contributed by atoms with Crippen LogP contribution in [0.25, 0.3) is 0 Å². The molecule has 1 aliphatic rings. The molecular weight excluding hydrogens is 214 g/mol. The van der Waals surface area contributed by atoms with Gasteiger partial charge in [-0.1, -0.05) is 0 Å². The first-order chi connectivity index (χ1) is 6.52. The van der Waals surface area contributed by atoms with Crippen LogP contribution in [0.3, 0.4) is 0 Å². The van der Waals surface area contributed by atoms with Crippen LogP contribution in [0.5, 0.6) is 5.75 Å². The van der Waals surface area contributed by atoms with E-state index >= 15 is 0 Å². The zero-order chi connectivity index (χ0) is 10.3. The SMILES string of the molecule is CC1(C)CC(S)c2sc(C#N)cc2O1. The Balaban J connectivity index is 2.44. The van der Waals surface area contributed by atoms with Crippen LogP contribution in [0, 0.1) is 11.3 Å². The lowest BCUT2D eigenvalue weighted by Gasteiger charge is -2.33. The molecule has 0 aromatic carbocycles. The lowest BCUT2D eigenvalue weighted by Crippen LogP contribution is -2.32. The van der Waals surface area contributed by atoms with Crippen LogP contribution in [-0.2, 0) is 0 Å². The third-order valence-electron chi connectivity index (χ3n) is 2.21. The molecular formula is C10H11NOS2. The number of hydrogen-bond acceptors (Lipinski definition) is 4. The van der Waals surface area contributed by atoms with E-state index in [2.05, 4.69) is 18.7 Å². The summed E-state index contributed by atoms with van der Waals surface area (Å²) in [6.45, 7) is 4.09. The third kappa shape index (κ3) is 1.62. The van der Waals surface area contributed by atoms with Crippen molar-refractivity contribution in [3.63, 3.8) is 0 Å². The summed E-state index contributed by atoms with van der Waals surface area (Å²) in [6, 6.07) is 3.95. The van der Waals surface area contributed by atoms with Crippen molar-refractivity contribution < 1.29 is 4.74 Å². The second-order valence-electron chi connectivity index (χ2n) is 4.03. The average molecular weight is 225 g/mol. The van der Waals surface area contributed by atoms with Crippen molar-refractivity contribution in [3.8, 4) is 11.8 Å². The van der Waals surface area contributed by atoms with Gasteiger partial charge in [-0.3, -0.25) is 0 Å². The van der Waals surface area contributed by atoms with Gasteiger partial charge in [-0.2, -0.15) is 17.9 Å². The largest absolute Gasteiger partial charge is 0.487 e. The molecule has 1 aromatic rings. The normalized spacial score (nSPS) is 23.4. The van der Waals surface area contributed by atoms with Gasteiger partial charge in [-0.15, -0.1) is 11.3 Å². The van der Waals surface area contributed by atoms with Gasteiger partial charge in [0.05, 0.1) is 4.88 Å². The molecule has 0 radical (unpaired) electrons. The second-order valence-corrected chi connectivity index (χ2v) is 5.74. The van der Waals surface area contributed by atoms with Crippen LogP contribution in [-0.4, -0.2) is 5.60 Å². The molecule has 14 heavy (non-hydrogen) atoms. The minimum absolute atomic E-state index is 0.173. The molecule has 1 unspecified atom stereocenters. The molecule has 74 valence electrons. The number of thiophene rings is 1. The molecule has 2 heterocycles. The Morgan fingerprint density at radius 3 is 3.07 bits per heavy atom. The lowest BCUT2D eigenvalue weighted by atomic mass is 9.98. The van der Waals surface area contributed by atoms with Crippen LogP contribution >= 0.6 is 24.0 Å². The average Bonchev–Trinajstić information content (AvgIpc) is 2.45. The first-order valence-corrected chi connectivity index (χ1v) is 5.76. The Morgan fingerprint density at radius 1 is 1.71 bits per heavy atom. The Hall–Kier alpha value is -0.660. The molecule has 1 aromatic heterocycles. The highest BCUT2D eigenvalue weighted by molar-refractivity contribution is 7.80. The first kappa shape index (κ1) is 9.88. The van der Waals surface area contributed by atoms with Gasteiger partial charge in [0.1, 0.15) is 22.3 Å². The van der Waals surface area contributed by atoms with Crippen molar-refractivity contribution >= 4 is 24.0 Å². The Labute approximate surface area is 92.9 Å². The zero-order valence-corrected chi connectivity index (χ0v) is 9.78. The van der Waals surface area contributed by atoms with Crippen molar-refractivity contribution in [2.24, 2.45) is 0 Å². The third-order valence-corrected chi connectivity index (χ3v) is 3.96.